The van der Waals surface area contributed by atoms with Crippen LogP contribution in [0.2, 0.25) is 0 Å². The van der Waals surface area contributed by atoms with E-state index in [0.29, 0.717) is 25.1 Å². The van der Waals surface area contributed by atoms with Gasteiger partial charge in [-0.15, -0.1) is 0 Å². The number of carbonyl (C=O) groups is 1. The normalized spacial score (nSPS) is 23.7. The summed E-state index contributed by atoms with van der Waals surface area (Å²) in [6, 6.07) is 0. The van der Waals surface area contributed by atoms with E-state index >= 15 is 0 Å². The molecule has 1 amide bonds. The molecule has 1 N–H and O–H groups in total. The summed E-state index contributed by atoms with van der Waals surface area (Å²) in [6.07, 6.45) is 5.34. The zero-order chi connectivity index (χ0) is 16.3. The van der Waals surface area contributed by atoms with Gasteiger partial charge in [-0.1, -0.05) is 0 Å². The molecule has 23 heavy (non-hydrogen) atoms. The SMILES string of the molecule is CCNC(=NCC1(C2CC2)CC1)N1CCN(C(=O)OCC)CC1. The van der Waals surface area contributed by atoms with Crippen molar-refractivity contribution in [3.05, 3.63) is 0 Å². The second-order valence-corrected chi connectivity index (χ2v) is 6.98. The van der Waals surface area contributed by atoms with Gasteiger partial charge in [-0.3, -0.25) is 4.99 Å². The van der Waals surface area contributed by atoms with Gasteiger partial charge in [0.05, 0.1) is 6.61 Å². The fourth-order valence-corrected chi connectivity index (χ4v) is 3.53. The summed E-state index contributed by atoms with van der Waals surface area (Å²) in [6.45, 7) is 9.30. The predicted octanol–water partition coefficient (Wildman–Crippen LogP) is 1.92. The number of carbonyl (C=O) groups excluding carboxylic acids is 1. The van der Waals surface area contributed by atoms with E-state index in [0.717, 1.165) is 38.1 Å². The molecule has 1 heterocycles. The second kappa shape index (κ2) is 6.97. The first-order valence-electron chi connectivity index (χ1n) is 9.13. The number of amides is 1. The molecule has 6 heteroatoms. The summed E-state index contributed by atoms with van der Waals surface area (Å²) >= 11 is 0. The van der Waals surface area contributed by atoms with Crippen LogP contribution in [-0.2, 0) is 4.74 Å². The van der Waals surface area contributed by atoms with Crippen LogP contribution in [0, 0.1) is 11.3 Å². The van der Waals surface area contributed by atoms with Crippen LogP contribution in [0.5, 0.6) is 0 Å². The minimum atomic E-state index is -0.195. The first-order chi connectivity index (χ1) is 11.2. The minimum Gasteiger partial charge on any atom is -0.450 e. The van der Waals surface area contributed by atoms with Crippen molar-refractivity contribution in [1.29, 1.82) is 0 Å². The highest BCUT2D eigenvalue weighted by Gasteiger charge is 2.53. The van der Waals surface area contributed by atoms with Crippen molar-refractivity contribution in [2.45, 2.75) is 39.5 Å². The third-order valence-electron chi connectivity index (χ3n) is 5.32. The summed E-state index contributed by atoms with van der Waals surface area (Å²) in [4.78, 5) is 20.8. The van der Waals surface area contributed by atoms with Gasteiger partial charge in [0.1, 0.15) is 0 Å². The van der Waals surface area contributed by atoms with Crippen LogP contribution in [0.4, 0.5) is 4.79 Å². The highest BCUT2D eigenvalue weighted by molar-refractivity contribution is 5.80. The molecule has 2 aliphatic carbocycles. The molecule has 0 radical (unpaired) electrons. The number of piperazine rings is 1. The van der Waals surface area contributed by atoms with Crippen LogP contribution >= 0.6 is 0 Å². The number of hydrogen-bond acceptors (Lipinski definition) is 3. The summed E-state index contributed by atoms with van der Waals surface area (Å²) in [7, 11) is 0. The molecule has 0 spiro atoms. The van der Waals surface area contributed by atoms with E-state index < -0.39 is 0 Å². The van der Waals surface area contributed by atoms with Crippen molar-refractivity contribution in [1.82, 2.24) is 15.1 Å². The lowest BCUT2D eigenvalue weighted by Gasteiger charge is -2.36. The van der Waals surface area contributed by atoms with Gasteiger partial charge >= 0.3 is 6.09 Å². The van der Waals surface area contributed by atoms with Crippen molar-refractivity contribution in [2.24, 2.45) is 16.3 Å². The largest absolute Gasteiger partial charge is 0.450 e. The molecule has 2 saturated carbocycles. The Morgan fingerprint density at radius 3 is 2.35 bits per heavy atom. The highest BCUT2D eigenvalue weighted by Crippen LogP contribution is 2.61. The van der Waals surface area contributed by atoms with Gasteiger partial charge in [0.2, 0.25) is 0 Å². The molecule has 3 fully saturated rings. The summed E-state index contributed by atoms with van der Waals surface area (Å²) in [5, 5.41) is 3.42. The fourth-order valence-electron chi connectivity index (χ4n) is 3.53. The maximum absolute atomic E-state index is 11.8. The number of ether oxygens (including phenoxy) is 1. The Bertz CT molecular complexity index is 450. The van der Waals surface area contributed by atoms with Gasteiger partial charge in [-0.05, 0) is 50.9 Å². The van der Waals surface area contributed by atoms with Gasteiger partial charge in [0, 0.05) is 39.3 Å². The average Bonchev–Trinajstić information content (AvgIpc) is 3.45. The van der Waals surface area contributed by atoms with E-state index in [1.54, 1.807) is 4.90 Å². The fraction of sp³-hybridized carbons (Fsp3) is 0.882. The smallest absolute Gasteiger partial charge is 0.409 e. The predicted molar refractivity (Wildman–Crippen MR) is 90.5 cm³/mol. The van der Waals surface area contributed by atoms with Crippen molar-refractivity contribution < 1.29 is 9.53 Å². The molecule has 0 unspecified atom stereocenters. The monoisotopic (exact) mass is 322 g/mol. The average molecular weight is 322 g/mol. The molecule has 3 aliphatic rings. The standard InChI is InChI=1S/C17H30N4O2/c1-3-18-15(19-13-17(7-8-17)14-5-6-14)20-9-11-21(12-10-20)16(22)23-4-2/h14H,3-13H2,1-2H3,(H,18,19). The van der Waals surface area contributed by atoms with Gasteiger partial charge < -0.3 is 19.9 Å². The Hall–Kier alpha value is -1.46. The van der Waals surface area contributed by atoms with Crippen LogP contribution in [0.1, 0.15) is 39.5 Å². The summed E-state index contributed by atoms with van der Waals surface area (Å²) in [5.74, 6) is 1.96. The van der Waals surface area contributed by atoms with E-state index in [1.165, 1.54) is 25.7 Å². The molecule has 1 aliphatic heterocycles. The molecule has 3 rings (SSSR count). The van der Waals surface area contributed by atoms with Crippen LogP contribution < -0.4 is 5.32 Å². The third kappa shape index (κ3) is 3.90. The molecule has 6 nitrogen and oxygen atoms in total. The lowest BCUT2D eigenvalue weighted by molar-refractivity contribution is 0.0914. The van der Waals surface area contributed by atoms with Gasteiger partial charge in [-0.2, -0.15) is 0 Å². The van der Waals surface area contributed by atoms with E-state index in [9.17, 15) is 4.79 Å². The number of nitrogens with one attached hydrogen (secondary N) is 1. The molecule has 1 saturated heterocycles. The molecule has 130 valence electrons. The number of rotatable bonds is 5. The Morgan fingerprint density at radius 1 is 1.17 bits per heavy atom. The molecule has 0 bridgehead atoms. The lowest BCUT2D eigenvalue weighted by atomic mass is 10.0. The van der Waals surface area contributed by atoms with Crippen LogP contribution in [-0.4, -0.2) is 67.7 Å². The molecular weight excluding hydrogens is 292 g/mol. The van der Waals surface area contributed by atoms with E-state index in [2.05, 4.69) is 17.1 Å². The Morgan fingerprint density at radius 2 is 1.83 bits per heavy atom. The quantitative estimate of drug-likeness (QED) is 0.620. The zero-order valence-electron chi connectivity index (χ0n) is 14.5. The Kier molecular flexibility index (Phi) is 4.97. The molecule has 0 aromatic carbocycles. The number of nitrogens with zero attached hydrogens (tertiary/aromatic N) is 3. The second-order valence-electron chi connectivity index (χ2n) is 6.98. The molecule has 0 aromatic rings. The lowest BCUT2D eigenvalue weighted by Crippen LogP contribution is -2.54. The number of guanidine groups is 1. The summed E-state index contributed by atoms with van der Waals surface area (Å²) < 4.78 is 5.08. The van der Waals surface area contributed by atoms with E-state index in [4.69, 9.17) is 9.73 Å². The maximum Gasteiger partial charge on any atom is 0.409 e. The Balaban J connectivity index is 1.53. The minimum absolute atomic E-state index is 0.195. The Labute approximate surface area is 139 Å². The molecule has 0 atom stereocenters. The van der Waals surface area contributed by atoms with Crippen LogP contribution in [0.3, 0.4) is 0 Å². The molecular formula is C17H30N4O2. The zero-order valence-corrected chi connectivity index (χ0v) is 14.5. The maximum atomic E-state index is 11.8. The van der Waals surface area contributed by atoms with Gasteiger partial charge in [0.25, 0.3) is 0 Å². The van der Waals surface area contributed by atoms with Crippen molar-refractivity contribution >= 4 is 12.1 Å². The van der Waals surface area contributed by atoms with Crippen molar-refractivity contribution in [3.63, 3.8) is 0 Å². The number of aliphatic imine (C=N–C) groups is 1. The van der Waals surface area contributed by atoms with Gasteiger partial charge in [0.15, 0.2) is 5.96 Å². The van der Waals surface area contributed by atoms with Crippen LogP contribution in [0.25, 0.3) is 0 Å². The summed E-state index contributed by atoms with van der Waals surface area (Å²) in [5.41, 5.74) is 0.535. The van der Waals surface area contributed by atoms with Crippen molar-refractivity contribution in [2.75, 3.05) is 45.9 Å². The van der Waals surface area contributed by atoms with Crippen molar-refractivity contribution in [3.8, 4) is 0 Å². The highest BCUT2D eigenvalue weighted by atomic mass is 16.6. The van der Waals surface area contributed by atoms with Gasteiger partial charge in [-0.25, -0.2) is 4.79 Å². The molecule has 0 aromatic heterocycles. The first-order valence-corrected chi connectivity index (χ1v) is 9.13. The third-order valence-corrected chi connectivity index (χ3v) is 5.32. The topological polar surface area (TPSA) is 57.2 Å². The van der Waals surface area contributed by atoms with Crippen LogP contribution in [0.15, 0.2) is 4.99 Å². The van der Waals surface area contributed by atoms with E-state index in [1.807, 2.05) is 6.92 Å². The first kappa shape index (κ1) is 16.4. The van der Waals surface area contributed by atoms with E-state index in [-0.39, 0.29) is 6.09 Å². The number of hydrogen-bond donors (Lipinski definition) is 1.